The van der Waals surface area contributed by atoms with Gasteiger partial charge < -0.3 is 5.73 Å². The molecule has 0 saturated heterocycles. The summed E-state index contributed by atoms with van der Waals surface area (Å²) in [6.07, 6.45) is 0.313. The van der Waals surface area contributed by atoms with Crippen LogP contribution in [0.15, 0.2) is 18.2 Å². The van der Waals surface area contributed by atoms with Gasteiger partial charge in [0, 0.05) is 12.0 Å². The molecule has 76 valence electrons. The number of rotatable bonds is 3. The van der Waals surface area contributed by atoms with Crippen molar-refractivity contribution in [2.45, 2.75) is 19.3 Å². The van der Waals surface area contributed by atoms with Crippen molar-refractivity contribution in [2.75, 3.05) is 0 Å². The fourth-order valence-electron chi connectivity index (χ4n) is 1.39. The van der Waals surface area contributed by atoms with E-state index in [1.54, 1.807) is 6.92 Å². The molecular weight excluding hydrogens is 204 g/mol. The van der Waals surface area contributed by atoms with Crippen LogP contribution in [0.1, 0.15) is 24.8 Å². The minimum absolute atomic E-state index is 0.0558. The van der Waals surface area contributed by atoms with E-state index >= 15 is 0 Å². The molecule has 1 aromatic rings. The van der Waals surface area contributed by atoms with Crippen LogP contribution >= 0.6 is 12.2 Å². The standard InChI is InChI=1S/C10H11F2NS/c1-6(5-9(13)14)10-7(11)3-2-4-8(10)12/h2-4,6H,5H2,1H3,(H2,13,14). The second kappa shape index (κ2) is 4.46. The van der Waals surface area contributed by atoms with Gasteiger partial charge in [0.2, 0.25) is 0 Å². The molecule has 1 atom stereocenters. The van der Waals surface area contributed by atoms with Crippen molar-refractivity contribution in [1.82, 2.24) is 0 Å². The summed E-state index contributed by atoms with van der Waals surface area (Å²) in [6, 6.07) is 3.80. The van der Waals surface area contributed by atoms with Gasteiger partial charge in [-0.25, -0.2) is 8.78 Å². The van der Waals surface area contributed by atoms with E-state index in [2.05, 4.69) is 0 Å². The zero-order chi connectivity index (χ0) is 10.7. The Morgan fingerprint density at radius 1 is 1.43 bits per heavy atom. The van der Waals surface area contributed by atoms with Crippen molar-refractivity contribution in [1.29, 1.82) is 0 Å². The van der Waals surface area contributed by atoms with Gasteiger partial charge in [-0.3, -0.25) is 0 Å². The predicted molar refractivity (Wildman–Crippen MR) is 56.2 cm³/mol. The fraction of sp³-hybridized carbons (Fsp3) is 0.300. The lowest BCUT2D eigenvalue weighted by Gasteiger charge is -2.12. The Kier molecular flexibility index (Phi) is 3.52. The van der Waals surface area contributed by atoms with Crippen molar-refractivity contribution in [3.05, 3.63) is 35.4 Å². The van der Waals surface area contributed by atoms with Gasteiger partial charge in [-0.15, -0.1) is 0 Å². The van der Waals surface area contributed by atoms with Gasteiger partial charge in [-0.05, 0) is 18.1 Å². The molecule has 0 aromatic heterocycles. The van der Waals surface area contributed by atoms with Crippen molar-refractivity contribution in [3.8, 4) is 0 Å². The minimum atomic E-state index is -0.547. The largest absolute Gasteiger partial charge is 0.393 e. The first-order chi connectivity index (χ1) is 6.52. The molecule has 0 spiro atoms. The summed E-state index contributed by atoms with van der Waals surface area (Å²) in [5.74, 6) is -1.42. The number of nitrogens with two attached hydrogens (primary N) is 1. The number of thiocarbonyl (C=S) groups is 1. The lowest BCUT2D eigenvalue weighted by molar-refractivity contribution is 0.536. The summed E-state index contributed by atoms with van der Waals surface area (Å²) in [4.78, 5) is 0.264. The Hall–Kier alpha value is -1.03. The lowest BCUT2D eigenvalue weighted by atomic mass is 9.97. The average molecular weight is 215 g/mol. The van der Waals surface area contributed by atoms with E-state index in [0.717, 1.165) is 0 Å². The van der Waals surface area contributed by atoms with E-state index in [1.807, 2.05) is 0 Å². The van der Waals surface area contributed by atoms with Crippen LogP contribution in [0.2, 0.25) is 0 Å². The molecule has 0 heterocycles. The average Bonchev–Trinajstić information content (AvgIpc) is 2.01. The summed E-state index contributed by atoms with van der Waals surface area (Å²) in [5, 5.41) is 0. The highest BCUT2D eigenvalue weighted by molar-refractivity contribution is 7.80. The Balaban J connectivity index is 2.99. The number of benzene rings is 1. The Labute approximate surface area is 86.9 Å². The maximum atomic E-state index is 13.2. The summed E-state index contributed by atoms with van der Waals surface area (Å²) < 4.78 is 26.5. The molecule has 0 saturated carbocycles. The molecule has 0 aliphatic carbocycles. The highest BCUT2D eigenvalue weighted by atomic mass is 32.1. The molecule has 0 amide bonds. The SMILES string of the molecule is CC(CC(N)=S)c1c(F)cccc1F. The van der Waals surface area contributed by atoms with Crippen LogP contribution in [0.4, 0.5) is 8.78 Å². The van der Waals surface area contributed by atoms with E-state index in [-0.39, 0.29) is 16.5 Å². The third kappa shape index (κ3) is 2.48. The molecule has 0 radical (unpaired) electrons. The highest BCUT2D eigenvalue weighted by Gasteiger charge is 2.16. The Bertz CT molecular complexity index is 332. The second-order valence-corrected chi connectivity index (χ2v) is 3.73. The van der Waals surface area contributed by atoms with Gasteiger partial charge in [0.15, 0.2) is 0 Å². The summed E-state index contributed by atoms with van der Waals surface area (Å²) in [7, 11) is 0. The number of halogens is 2. The summed E-state index contributed by atoms with van der Waals surface area (Å²) >= 11 is 4.69. The van der Waals surface area contributed by atoms with Crippen LogP contribution in [0.25, 0.3) is 0 Å². The van der Waals surface area contributed by atoms with E-state index in [1.165, 1.54) is 18.2 Å². The highest BCUT2D eigenvalue weighted by Crippen LogP contribution is 2.24. The van der Waals surface area contributed by atoms with Crippen LogP contribution < -0.4 is 5.73 Å². The smallest absolute Gasteiger partial charge is 0.129 e. The lowest BCUT2D eigenvalue weighted by Crippen LogP contribution is -2.13. The first kappa shape index (κ1) is 11.0. The minimum Gasteiger partial charge on any atom is -0.393 e. The van der Waals surface area contributed by atoms with Gasteiger partial charge >= 0.3 is 0 Å². The molecular formula is C10H11F2NS. The molecule has 1 nitrogen and oxygen atoms in total. The van der Waals surface area contributed by atoms with Crippen LogP contribution in [0.5, 0.6) is 0 Å². The van der Waals surface area contributed by atoms with Crippen LogP contribution in [-0.4, -0.2) is 4.99 Å². The zero-order valence-electron chi connectivity index (χ0n) is 7.76. The quantitative estimate of drug-likeness (QED) is 0.784. The second-order valence-electron chi connectivity index (χ2n) is 3.21. The predicted octanol–water partition coefficient (Wildman–Crippen LogP) is 2.74. The number of hydrogen-bond donors (Lipinski definition) is 1. The van der Waals surface area contributed by atoms with Crippen LogP contribution in [0.3, 0.4) is 0 Å². The maximum absolute atomic E-state index is 13.2. The fourth-order valence-corrected chi connectivity index (χ4v) is 1.64. The summed E-state index contributed by atoms with van der Waals surface area (Å²) in [6.45, 7) is 1.70. The number of hydrogen-bond acceptors (Lipinski definition) is 1. The molecule has 14 heavy (non-hydrogen) atoms. The van der Waals surface area contributed by atoms with Gasteiger partial charge in [0.1, 0.15) is 11.6 Å². The van der Waals surface area contributed by atoms with Crippen LogP contribution in [-0.2, 0) is 0 Å². The monoisotopic (exact) mass is 215 g/mol. The molecule has 0 bridgehead atoms. The van der Waals surface area contributed by atoms with Crippen LogP contribution in [0, 0.1) is 11.6 Å². The van der Waals surface area contributed by atoms with Gasteiger partial charge in [-0.1, -0.05) is 25.2 Å². The van der Waals surface area contributed by atoms with E-state index < -0.39 is 11.6 Å². The van der Waals surface area contributed by atoms with E-state index in [4.69, 9.17) is 18.0 Å². The third-order valence-corrected chi connectivity index (χ3v) is 2.17. The molecule has 0 fully saturated rings. The molecule has 1 aromatic carbocycles. The molecule has 4 heteroatoms. The van der Waals surface area contributed by atoms with Gasteiger partial charge in [-0.2, -0.15) is 0 Å². The first-order valence-corrected chi connectivity index (χ1v) is 4.65. The molecule has 0 aliphatic heterocycles. The molecule has 0 aliphatic rings. The van der Waals surface area contributed by atoms with Crippen molar-refractivity contribution < 1.29 is 8.78 Å². The van der Waals surface area contributed by atoms with Crippen molar-refractivity contribution >= 4 is 17.2 Å². The first-order valence-electron chi connectivity index (χ1n) is 4.24. The summed E-state index contributed by atoms with van der Waals surface area (Å²) in [5.41, 5.74) is 5.37. The topological polar surface area (TPSA) is 26.0 Å². The molecule has 1 rings (SSSR count). The van der Waals surface area contributed by atoms with Gasteiger partial charge in [0.25, 0.3) is 0 Å². The van der Waals surface area contributed by atoms with Crippen molar-refractivity contribution in [2.24, 2.45) is 5.73 Å². The maximum Gasteiger partial charge on any atom is 0.129 e. The Morgan fingerprint density at radius 2 is 1.93 bits per heavy atom. The normalized spacial score (nSPS) is 12.5. The molecule has 2 N–H and O–H groups in total. The van der Waals surface area contributed by atoms with E-state index in [9.17, 15) is 8.78 Å². The Morgan fingerprint density at radius 3 is 2.36 bits per heavy atom. The third-order valence-electron chi connectivity index (χ3n) is 2.00. The van der Waals surface area contributed by atoms with Gasteiger partial charge in [0.05, 0.1) is 4.99 Å². The van der Waals surface area contributed by atoms with E-state index in [0.29, 0.717) is 6.42 Å². The molecule has 1 unspecified atom stereocenters. The van der Waals surface area contributed by atoms with Crippen molar-refractivity contribution in [3.63, 3.8) is 0 Å². The zero-order valence-corrected chi connectivity index (χ0v) is 8.57.